The summed E-state index contributed by atoms with van der Waals surface area (Å²) in [4.78, 5) is 0. The van der Waals surface area contributed by atoms with Crippen molar-refractivity contribution in [3.8, 4) is 5.75 Å². The molecule has 2 rings (SSSR count). The van der Waals surface area contributed by atoms with E-state index < -0.39 is 0 Å². The molecule has 0 spiro atoms. The molecule has 0 bridgehead atoms. The highest BCUT2D eigenvalue weighted by Crippen LogP contribution is 2.25. The van der Waals surface area contributed by atoms with Crippen molar-refractivity contribution < 1.29 is 4.74 Å². The molecule has 0 fully saturated rings. The van der Waals surface area contributed by atoms with E-state index in [1.807, 2.05) is 42.5 Å². The van der Waals surface area contributed by atoms with E-state index in [9.17, 15) is 0 Å². The number of rotatable bonds is 7. The Hall–Kier alpha value is -1.87. The van der Waals surface area contributed by atoms with Crippen LogP contribution in [0, 0.1) is 0 Å². The molecule has 0 radical (unpaired) electrons. The number of hydrogen-bond acceptors (Lipinski definition) is 3. The maximum Gasteiger partial charge on any atom is 0.144 e. The van der Waals surface area contributed by atoms with Gasteiger partial charge in [-0.25, -0.2) is 0 Å². The summed E-state index contributed by atoms with van der Waals surface area (Å²) in [5, 5.41) is 4.15. The van der Waals surface area contributed by atoms with Crippen LogP contribution in [0.5, 0.6) is 5.75 Å². The number of halogens is 1. The fourth-order valence-electron chi connectivity index (χ4n) is 1.98. The van der Waals surface area contributed by atoms with E-state index >= 15 is 0 Å². The van der Waals surface area contributed by atoms with E-state index in [1.54, 1.807) is 0 Å². The van der Waals surface area contributed by atoms with E-state index in [1.165, 1.54) is 5.56 Å². The molecule has 0 aliphatic rings. The SMILES string of the molecule is CCCOc1cc(NCCc2ccc(Cl)cc2)ccc1N. The van der Waals surface area contributed by atoms with Crippen LogP contribution in [-0.2, 0) is 6.42 Å². The first-order valence-electron chi connectivity index (χ1n) is 7.19. The zero-order valence-electron chi connectivity index (χ0n) is 12.2. The zero-order chi connectivity index (χ0) is 15.1. The molecule has 0 atom stereocenters. The van der Waals surface area contributed by atoms with Gasteiger partial charge in [0.2, 0.25) is 0 Å². The Labute approximate surface area is 131 Å². The van der Waals surface area contributed by atoms with Crippen LogP contribution in [0.3, 0.4) is 0 Å². The van der Waals surface area contributed by atoms with Gasteiger partial charge in [-0.1, -0.05) is 30.7 Å². The molecule has 0 aliphatic carbocycles. The zero-order valence-corrected chi connectivity index (χ0v) is 13.0. The molecule has 21 heavy (non-hydrogen) atoms. The summed E-state index contributed by atoms with van der Waals surface area (Å²) in [7, 11) is 0. The Bertz CT molecular complexity index is 570. The number of anilines is 2. The molecule has 2 aromatic rings. The monoisotopic (exact) mass is 304 g/mol. The standard InChI is InChI=1S/C17H21ClN2O/c1-2-11-21-17-12-15(7-8-16(17)19)20-10-9-13-3-5-14(18)6-4-13/h3-8,12,20H,2,9-11,19H2,1H3. The number of hydrogen-bond donors (Lipinski definition) is 2. The third kappa shape index (κ3) is 4.87. The molecule has 0 aromatic heterocycles. The van der Waals surface area contributed by atoms with Gasteiger partial charge in [0.05, 0.1) is 12.3 Å². The van der Waals surface area contributed by atoms with Gasteiger partial charge in [0, 0.05) is 23.3 Å². The van der Waals surface area contributed by atoms with Crippen molar-refractivity contribution in [3.05, 3.63) is 53.1 Å². The van der Waals surface area contributed by atoms with Gasteiger partial charge in [0.1, 0.15) is 5.75 Å². The number of nitrogens with one attached hydrogen (secondary N) is 1. The summed E-state index contributed by atoms with van der Waals surface area (Å²) in [5.41, 5.74) is 8.84. The summed E-state index contributed by atoms with van der Waals surface area (Å²) in [6, 6.07) is 13.7. The fraction of sp³-hybridized carbons (Fsp3) is 0.294. The van der Waals surface area contributed by atoms with E-state index in [2.05, 4.69) is 12.2 Å². The molecule has 0 aliphatic heterocycles. The molecule has 3 nitrogen and oxygen atoms in total. The Morgan fingerprint density at radius 3 is 2.62 bits per heavy atom. The van der Waals surface area contributed by atoms with Crippen LogP contribution in [0.25, 0.3) is 0 Å². The lowest BCUT2D eigenvalue weighted by molar-refractivity contribution is 0.319. The lowest BCUT2D eigenvalue weighted by Crippen LogP contribution is -2.06. The van der Waals surface area contributed by atoms with E-state index in [0.717, 1.165) is 35.8 Å². The second kappa shape index (κ2) is 7.79. The van der Waals surface area contributed by atoms with Gasteiger partial charge in [-0.2, -0.15) is 0 Å². The van der Waals surface area contributed by atoms with Crippen molar-refractivity contribution >= 4 is 23.0 Å². The summed E-state index contributed by atoms with van der Waals surface area (Å²) in [6.45, 7) is 3.60. The summed E-state index contributed by atoms with van der Waals surface area (Å²) in [6.07, 6.45) is 1.90. The van der Waals surface area contributed by atoms with Gasteiger partial charge in [-0.3, -0.25) is 0 Å². The van der Waals surface area contributed by atoms with Crippen LogP contribution in [-0.4, -0.2) is 13.2 Å². The highest BCUT2D eigenvalue weighted by Gasteiger charge is 2.02. The number of benzene rings is 2. The molecule has 0 saturated carbocycles. The molecule has 0 amide bonds. The first-order valence-corrected chi connectivity index (χ1v) is 7.57. The van der Waals surface area contributed by atoms with Gasteiger partial charge in [-0.15, -0.1) is 0 Å². The van der Waals surface area contributed by atoms with Crippen LogP contribution in [0.1, 0.15) is 18.9 Å². The van der Waals surface area contributed by atoms with Gasteiger partial charge < -0.3 is 15.8 Å². The molecular weight excluding hydrogens is 284 g/mol. The maximum absolute atomic E-state index is 5.90. The fourth-order valence-corrected chi connectivity index (χ4v) is 2.11. The van der Waals surface area contributed by atoms with Crippen LogP contribution < -0.4 is 15.8 Å². The van der Waals surface area contributed by atoms with Crippen molar-refractivity contribution in [1.82, 2.24) is 0 Å². The average Bonchev–Trinajstić information content (AvgIpc) is 2.49. The van der Waals surface area contributed by atoms with Gasteiger partial charge in [-0.05, 0) is 42.7 Å². The van der Waals surface area contributed by atoms with Crippen molar-refractivity contribution in [1.29, 1.82) is 0 Å². The normalized spacial score (nSPS) is 10.4. The molecule has 4 heteroatoms. The number of ether oxygens (including phenoxy) is 1. The molecule has 0 heterocycles. The van der Waals surface area contributed by atoms with E-state index in [0.29, 0.717) is 12.3 Å². The van der Waals surface area contributed by atoms with Crippen LogP contribution in [0.4, 0.5) is 11.4 Å². The second-order valence-corrected chi connectivity index (χ2v) is 5.34. The molecule has 2 aromatic carbocycles. The summed E-state index contributed by atoms with van der Waals surface area (Å²) >= 11 is 5.87. The molecule has 112 valence electrons. The van der Waals surface area contributed by atoms with E-state index in [-0.39, 0.29) is 0 Å². The predicted octanol–water partition coefficient (Wildman–Crippen LogP) is 4.37. The van der Waals surface area contributed by atoms with Crippen molar-refractivity contribution in [2.45, 2.75) is 19.8 Å². The lowest BCUT2D eigenvalue weighted by Gasteiger charge is -2.11. The Kier molecular flexibility index (Phi) is 5.76. The molecule has 0 unspecified atom stereocenters. The minimum absolute atomic E-state index is 0.673. The smallest absolute Gasteiger partial charge is 0.144 e. The van der Waals surface area contributed by atoms with Gasteiger partial charge in [0.25, 0.3) is 0 Å². The predicted molar refractivity (Wildman–Crippen MR) is 90.3 cm³/mol. The first-order chi connectivity index (χ1) is 10.2. The third-order valence-electron chi connectivity index (χ3n) is 3.13. The van der Waals surface area contributed by atoms with Gasteiger partial charge in [0.15, 0.2) is 0 Å². The van der Waals surface area contributed by atoms with E-state index in [4.69, 9.17) is 22.1 Å². The average molecular weight is 305 g/mol. The second-order valence-electron chi connectivity index (χ2n) is 4.90. The molecule has 3 N–H and O–H groups in total. The van der Waals surface area contributed by atoms with Gasteiger partial charge >= 0.3 is 0 Å². The topological polar surface area (TPSA) is 47.3 Å². The highest BCUT2D eigenvalue weighted by atomic mass is 35.5. The Morgan fingerprint density at radius 1 is 1.14 bits per heavy atom. The number of nitrogen functional groups attached to an aromatic ring is 1. The summed E-state index contributed by atoms with van der Waals surface area (Å²) < 4.78 is 5.62. The minimum atomic E-state index is 0.673. The third-order valence-corrected chi connectivity index (χ3v) is 3.38. The maximum atomic E-state index is 5.90. The lowest BCUT2D eigenvalue weighted by atomic mass is 10.1. The van der Waals surface area contributed by atoms with Crippen molar-refractivity contribution in [2.24, 2.45) is 0 Å². The summed E-state index contributed by atoms with van der Waals surface area (Å²) in [5.74, 6) is 0.744. The van der Waals surface area contributed by atoms with Crippen LogP contribution >= 0.6 is 11.6 Å². The Morgan fingerprint density at radius 2 is 1.90 bits per heavy atom. The van der Waals surface area contributed by atoms with Crippen LogP contribution in [0.2, 0.25) is 5.02 Å². The van der Waals surface area contributed by atoms with Crippen molar-refractivity contribution in [3.63, 3.8) is 0 Å². The largest absolute Gasteiger partial charge is 0.491 e. The Balaban J connectivity index is 1.89. The molecule has 0 saturated heterocycles. The molecular formula is C17H21ClN2O. The first kappa shape index (κ1) is 15.5. The minimum Gasteiger partial charge on any atom is -0.491 e. The quantitative estimate of drug-likeness (QED) is 0.747. The van der Waals surface area contributed by atoms with Crippen LogP contribution in [0.15, 0.2) is 42.5 Å². The number of nitrogens with two attached hydrogens (primary N) is 1. The van der Waals surface area contributed by atoms with Crippen molar-refractivity contribution in [2.75, 3.05) is 24.2 Å². The highest BCUT2D eigenvalue weighted by molar-refractivity contribution is 6.30.